The van der Waals surface area contributed by atoms with Crippen LogP contribution in [-0.2, 0) is 0 Å². The maximum atomic E-state index is 13.6. The second kappa shape index (κ2) is 5.59. The van der Waals surface area contributed by atoms with Crippen LogP contribution in [0.2, 0.25) is 5.15 Å². The molecule has 106 valence electrons. The van der Waals surface area contributed by atoms with E-state index in [1.165, 1.54) is 0 Å². The average molecular weight is 434 g/mol. The minimum atomic E-state index is -0.975. The highest BCUT2D eigenvalue weighted by atomic mass is 79.9. The summed E-state index contributed by atoms with van der Waals surface area (Å²) < 4.78 is 28.6. The van der Waals surface area contributed by atoms with E-state index in [4.69, 9.17) is 11.6 Å². The Labute approximate surface area is 140 Å². The minimum Gasteiger partial charge on any atom is -0.204 e. The van der Waals surface area contributed by atoms with Gasteiger partial charge < -0.3 is 0 Å². The van der Waals surface area contributed by atoms with Crippen LogP contribution in [0.15, 0.2) is 39.3 Å². The zero-order valence-corrected chi connectivity index (χ0v) is 14.1. The van der Waals surface area contributed by atoms with E-state index in [2.05, 4.69) is 42.1 Å². The van der Waals surface area contributed by atoms with E-state index < -0.39 is 11.6 Å². The van der Waals surface area contributed by atoms with Crippen LogP contribution in [0.3, 0.4) is 0 Å². The summed E-state index contributed by atoms with van der Waals surface area (Å²) in [5.41, 5.74) is 1.12. The molecule has 2 nitrogen and oxygen atoms in total. The molecule has 0 aliphatic carbocycles. The fourth-order valence-electron chi connectivity index (χ4n) is 1.99. The summed E-state index contributed by atoms with van der Waals surface area (Å²) >= 11 is 12.7. The predicted molar refractivity (Wildman–Crippen MR) is 85.3 cm³/mol. The number of fused-ring (bicyclic) bond motifs is 1. The fraction of sp³-hybridized carbons (Fsp3) is 0. The van der Waals surface area contributed by atoms with Gasteiger partial charge >= 0.3 is 0 Å². The van der Waals surface area contributed by atoms with Gasteiger partial charge in [-0.15, -0.1) is 10.2 Å². The number of nitrogens with zero attached hydrogens (tertiary/aromatic N) is 2. The molecule has 0 N–H and O–H groups in total. The first-order chi connectivity index (χ1) is 9.97. The maximum Gasteiger partial charge on any atom is 0.159 e. The van der Waals surface area contributed by atoms with Gasteiger partial charge in [-0.05, 0) is 30.3 Å². The number of halogens is 5. The van der Waals surface area contributed by atoms with Crippen molar-refractivity contribution in [1.82, 2.24) is 10.2 Å². The van der Waals surface area contributed by atoms with Gasteiger partial charge in [-0.1, -0.05) is 43.5 Å². The van der Waals surface area contributed by atoms with E-state index >= 15 is 0 Å². The SMILES string of the molecule is Fc1cc2c(Cl)nnc(-c3cc(Br)ccc3Br)c2cc1F. The Bertz CT molecular complexity index is 871. The van der Waals surface area contributed by atoms with Gasteiger partial charge in [0.15, 0.2) is 16.8 Å². The number of aromatic nitrogens is 2. The van der Waals surface area contributed by atoms with Crippen molar-refractivity contribution in [2.45, 2.75) is 0 Å². The lowest BCUT2D eigenvalue weighted by molar-refractivity contribution is 0.511. The molecule has 0 aliphatic heterocycles. The zero-order valence-electron chi connectivity index (χ0n) is 10.2. The molecule has 0 spiro atoms. The lowest BCUT2D eigenvalue weighted by atomic mass is 10.0. The van der Waals surface area contributed by atoms with Gasteiger partial charge in [-0.25, -0.2) is 8.78 Å². The van der Waals surface area contributed by atoms with Crippen molar-refractivity contribution in [1.29, 1.82) is 0 Å². The Hall–Kier alpha value is -1.11. The lowest BCUT2D eigenvalue weighted by Gasteiger charge is -2.09. The van der Waals surface area contributed by atoms with E-state index in [9.17, 15) is 8.78 Å². The molecule has 3 aromatic rings. The molecule has 0 atom stereocenters. The molecule has 0 unspecified atom stereocenters. The van der Waals surface area contributed by atoms with Gasteiger partial charge in [0, 0.05) is 25.3 Å². The highest BCUT2D eigenvalue weighted by Gasteiger charge is 2.16. The smallest absolute Gasteiger partial charge is 0.159 e. The van der Waals surface area contributed by atoms with E-state index in [0.717, 1.165) is 21.1 Å². The first kappa shape index (κ1) is 14.8. The fourth-order valence-corrected chi connectivity index (χ4v) is 2.98. The molecule has 0 saturated heterocycles. The Morgan fingerprint density at radius 3 is 2.29 bits per heavy atom. The zero-order chi connectivity index (χ0) is 15.1. The van der Waals surface area contributed by atoms with Crippen LogP contribution < -0.4 is 0 Å². The summed E-state index contributed by atoms with van der Waals surface area (Å²) in [7, 11) is 0. The quantitative estimate of drug-likeness (QED) is 0.487. The summed E-state index contributed by atoms with van der Waals surface area (Å²) in [5, 5.41) is 8.58. The second-order valence-corrected chi connectivity index (χ2v) is 6.40. The van der Waals surface area contributed by atoms with Crippen LogP contribution in [0.25, 0.3) is 22.0 Å². The third-order valence-corrected chi connectivity index (χ3v) is 4.42. The van der Waals surface area contributed by atoms with E-state index in [-0.39, 0.29) is 5.15 Å². The summed E-state index contributed by atoms with van der Waals surface area (Å²) in [6.45, 7) is 0. The molecule has 0 amide bonds. The average Bonchev–Trinajstić information content (AvgIpc) is 2.45. The summed E-state index contributed by atoms with van der Waals surface area (Å²) in [6, 6.07) is 7.58. The van der Waals surface area contributed by atoms with Gasteiger partial charge in [0.2, 0.25) is 0 Å². The summed E-state index contributed by atoms with van der Waals surface area (Å²) in [4.78, 5) is 0. The highest BCUT2D eigenvalue weighted by Crippen LogP contribution is 2.36. The van der Waals surface area contributed by atoms with Gasteiger partial charge in [-0.2, -0.15) is 0 Å². The monoisotopic (exact) mass is 432 g/mol. The van der Waals surface area contributed by atoms with Gasteiger partial charge in [0.05, 0.1) is 0 Å². The molecular weight excluding hydrogens is 429 g/mol. The molecule has 0 radical (unpaired) electrons. The predicted octanol–water partition coefficient (Wildman–Crippen LogP) is 5.75. The van der Waals surface area contributed by atoms with E-state index in [1.807, 2.05) is 18.2 Å². The standard InChI is InChI=1S/C14H5Br2ClF2N2/c15-6-1-2-10(16)9(3-6)13-7-4-11(18)12(19)5-8(7)14(17)21-20-13/h1-5H. The summed E-state index contributed by atoms with van der Waals surface area (Å²) in [6.07, 6.45) is 0. The molecule has 7 heteroatoms. The molecule has 0 bridgehead atoms. The van der Waals surface area contributed by atoms with Crippen molar-refractivity contribution >= 4 is 54.2 Å². The van der Waals surface area contributed by atoms with Crippen molar-refractivity contribution in [3.05, 3.63) is 56.1 Å². The molecule has 0 saturated carbocycles. The number of hydrogen-bond acceptors (Lipinski definition) is 2. The number of rotatable bonds is 1. The van der Waals surface area contributed by atoms with Crippen LogP contribution in [0, 0.1) is 11.6 Å². The minimum absolute atomic E-state index is 0.0266. The Balaban J connectivity index is 2.41. The third-order valence-electron chi connectivity index (χ3n) is 2.96. The van der Waals surface area contributed by atoms with Crippen molar-refractivity contribution in [2.24, 2.45) is 0 Å². The molecule has 0 aliphatic rings. The van der Waals surface area contributed by atoms with Crippen LogP contribution in [0.4, 0.5) is 8.78 Å². The lowest BCUT2D eigenvalue weighted by Crippen LogP contribution is -1.95. The number of hydrogen-bond donors (Lipinski definition) is 0. The normalized spacial score (nSPS) is 11.1. The molecule has 2 aromatic carbocycles. The Morgan fingerprint density at radius 2 is 1.57 bits per heavy atom. The van der Waals surface area contributed by atoms with Crippen LogP contribution >= 0.6 is 43.5 Å². The Kier molecular flexibility index (Phi) is 3.94. The Morgan fingerprint density at radius 1 is 0.905 bits per heavy atom. The topological polar surface area (TPSA) is 25.8 Å². The second-order valence-electron chi connectivity index (χ2n) is 4.28. The molecule has 21 heavy (non-hydrogen) atoms. The molecular formula is C14H5Br2ClF2N2. The molecule has 1 heterocycles. The van der Waals surface area contributed by atoms with E-state index in [1.54, 1.807) is 0 Å². The van der Waals surface area contributed by atoms with Gasteiger partial charge in [0.25, 0.3) is 0 Å². The largest absolute Gasteiger partial charge is 0.204 e. The van der Waals surface area contributed by atoms with Crippen molar-refractivity contribution in [3.8, 4) is 11.3 Å². The van der Waals surface area contributed by atoms with Crippen molar-refractivity contribution in [2.75, 3.05) is 0 Å². The van der Waals surface area contributed by atoms with Gasteiger partial charge in [0.1, 0.15) is 5.69 Å². The van der Waals surface area contributed by atoms with Crippen molar-refractivity contribution in [3.63, 3.8) is 0 Å². The molecule has 0 fully saturated rings. The van der Waals surface area contributed by atoms with Crippen LogP contribution in [0.1, 0.15) is 0 Å². The van der Waals surface area contributed by atoms with Crippen molar-refractivity contribution < 1.29 is 8.78 Å². The van der Waals surface area contributed by atoms with Gasteiger partial charge in [-0.3, -0.25) is 0 Å². The molecule has 3 rings (SSSR count). The first-order valence-corrected chi connectivity index (χ1v) is 7.70. The molecule has 1 aromatic heterocycles. The van der Waals surface area contributed by atoms with Crippen LogP contribution in [0.5, 0.6) is 0 Å². The first-order valence-electron chi connectivity index (χ1n) is 5.73. The summed E-state index contributed by atoms with van der Waals surface area (Å²) in [5.74, 6) is -1.93. The highest BCUT2D eigenvalue weighted by molar-refractivity contribution is 9.11. The number of benzene rings is 2. The maximum absolute atomic E-state index is 13.6. The van der Waals surface area contributed by atoms with E-state index in [0.29, 0.717) is 22.0 Å². The van der Waals surface area contributed by atoms with Crippen LogP contribution in [-0.4, -0.2) is 10.2 Å². The third kappa shape index (κ3) is 2.67.